The van der Waals surface area contributed by atoms with Crippen molar-refractivity contribution in [2.45, 2.75) is 83.3 Å². The standard InChI is InChI=1S/C21H36O3/c1-2-3-5-9-18(23)10-11-19-20-14-16(8-6-4-7-12-22)13-17(20)15-21(19)24/h10-11,13,17-24H,2-9,12,14-15H2,1H3/t17-,18-,19-,20-,21+/m0/s1. The third-order valence-electron chi connectivity index (χ3n) is 5.76. The van der Waals surface area contributed by atoms with Crippen molar-refractivity contribution in [1.82, 2.24) is 0 Å². The molecule has 0 aromatic rings. The van der Waals surface area contributed by atoms with E-state index in [9.17, 15) is 10.2 Å². The van der Waals surface area contributed by atoms with Gasteiger partial charge in [0.25, 0.3) is 0 Å². The van der Waals surface area contributed by atoms with Gasteiger partial charge in [-0.1, -0.05) is 56.4 Å². The van der Waals surface area contributed by atoms with Gasteiger partial charge < -0.3 is 15.3 Å². The second-order valence-corrected chi connectivity index (χ2v) is 7.72. The summed E-state index contributed by atoms with van der Waals surface area (Å²) in [7, 11) is 0. The number of aliphatic hydroxyl groups excluding tert-OH is 3. The Hall–Kier alpha value is -0.640. The fourth-order valence-electron chi connectivity index (χ4n) is 4.39. The first-order valence-electron chi connectivity index (χ1n) is 10.0. The molecule has 3 nitrogen and oxygen atoms in total. The Morgan fingerprint density at radius 1 is 1.21 bits per heavy atom. The number of hydrogen-bond donors (Lipinski definition) is 3. The zero-order valence-corrected chi connectivity index (χ0v) is 15.2. The van der Waals surface area contributed by atoms with Crippen molar-refractivity contribution in [1.29, 1.82) is 0 Å². The summed E-state index contributed by atoms with van der Waals surface area (Å²) < 4.78 is 0. The Balaban J connectivity index is 1.79. The predicted octanol–water partition coefficient (Wildman–Crippen LogP) is 3.98. The minimum Gasteiger partial charge on any atom is -0.396 e. The van der Waals surface area contributed by atoms with E-state index in [-0.39, 0.29) is 18.1 Å². The molecular weight excluding hydrogens is 300 g/mol. The van der Waals surface area contributed by atoms with Gasteiger partial charge >= 0.3 is 0 Å². The van der Waals surface area contributed by atoms with Crippen LogP contribution in [-0.2, 0) is 0 Å². The summed E-state index contributed by atoms with van der Waals surface area (Å²) >= 11 is 0. The molecule has 1 fully saturated rings. The molecule has 0 aromatic carbocycles. The maximum absolute atomic E-state index is 10.4. The second-order valence-electron chi connectivity index (χ2n) is 7.72. The Morgan fingerprint density at radius 3 is 2.79 bits per heavy atom. The molecule has 2 rings (SSSR count). The Labute approximate surface area is 147 Å². The normalized spacial score (nSPS) is 30.8. The summed E-state index contributed by atoms with van der Waals surface area (Å²) in [5.41, 5.74) is 1.54. The summed E-state index contributed by atoms with van der Waals surface area (Å²) in [6.07, 6.45) is 16.3. The Bertz CT molecular complexity index is 415. The number of rotatable bonds is 11. The van der Waals surface area contributed by atoms with Crippen LogP contribution < -0.4 is 0 Å². The highest BCUT2D eigenvalue weighted by Crippen LogP contribution is 2.48. The zero-order chi connectivity index (χ0) is 17.4. The Kier molecular flexibility index (Phi) is 8.51. The lowest BCUT2D eigenvalue weighted by Gasteiger charge is -2.19. The molecule has 0 unspecified atom stereocenters. The summed E-state index contributed by atoms with van der Waals surface area (Å²) in [6, 6.07) is 0. The van der Waals surface area contributed by atoms with Crippen LogP contribution in [0.25, 0.3) is 0 Å². The van der Waals surface area contributed by atoms with Crippen LogP contribution in [0.4, 0.5) is 0 Å². The number of unbranched alkanes of at least 4 members (excludes halogenated alkanes) is 4. The van der Waals surface area contributed by atoms with Gasteiger partial charge in [-0.2, -0.15) is 0 Å². The quantitative estimate of drug-likeness (QED) is 0.395. The molecule has 1 saturated carbocycles. The molecule has 3 N–H and O–H groups in total. The molecule has 0 amide bonds. The highest BCUT2D eigenvalue weighted by molar-refractivity contribution is 5.20. The molecule has 3 heteroatoms. The lowest BCUT2D eigenvalue weighted by molar-refractivity contribution is 0.139. The van der Waals surface area contributed by atoms with Crippen LogP contribution in [0.1, 0.15) is 71.1 Å². The van der Waals surface area contributed by atoms with E-state index in [1.54, 1.807) is 0 Å². The summed E-state index contributed by atoms with van der Waals surface area (Å²) in [5.74, 6) is 1.23. The number of hydrogen-bond acceptors (Lipinski definition) is 3. The van der Waals surface area contributed by atoms with Gasteiger partial charge in [0, 0.05) is 12.5 Å². The minimum absolute atomic E-state index is 0.196. The van der Waals surface area contributed by atoms with Crippen LogP contribution in [0.2, 0.25) is 0 Å². The van der Waals surface area contributed by atoms with E-state index < -0.39 is 0 Å². The summed E-state index contributed by atoms with van der Waals surface area (Å²) in [6.45, 7) is 2.47. The molecule has 0 bridgehead atoms. The van der Waals surface area contributed by atoms with Crippen LogP contribution in [0.15, 0.2) is 23.8 Å². The van der Waals surface area contributed by atoms with Gasteiger partial charge in [0.2, 0.25) is 0 Å². The molecular formula is C21H36O3. The van der Waals surface area contributed by atoms with Gasteiger partial charge in [0.15, 0.2) is 0 Å². The van der Waals surface area contributed by atoms with Crippen molar-refractivity contribution in [2.75, 3.05) is 6.61 Å². The van der Waals surface area contributed by atoms with E-state index in [1.165, 1.54) is 18.4 Å². The second kappa shape index (κ2) is 10.4. The number of fused-ring (bicyclic) bond motifs is 1. The first-order chi connectivity index (χ1) is 11.7. The van der Waals surface area contributed by atoms with Gasteiger partial charge in [-0.25, -0.2) is 0 Å². The maximum atomic E-state index is 10.4. The van der Waals surface area contributed by atoms with Crippen LogP contribution >= 0.6 is 0 Å². The number of allylic oxidation sites excluding steroid dienone is 2. The molecule has 5 atom stereocenters. The average molecular weight is 337 g/mol. The highest BCUT2D eigenvalue weighted by Gasteiger charge is 2.43. The summed E-state index contributed by atoms with van der Waals surface area (Å²) in [5, 5.41) is 29.3. The van der Waals surface area contributed by atoms with Crippen LogP contribution in [0.3, 0.4) is 0 Å². The summed E-state index contributed by atoms with van der Waals surface area (Å²) in [4.78, 5) is 0. The van der Waals surface area contributed by atoms with E-state index in [0.717, 1.165) is 51.4 Å². The average Bonchev–Trinajstić information content (AvgIpc) is 3.06. The fourth-order valence-corrected chi connectivity index (χ4v) is 4.39. The predicted molar refractivity (Wildman–Crippen MR) is 98.6 cm³/mol. The smallest absolute Gasteiger partial charge is 0.0721 e. The molecule has 0 aromatic heterocycles. The van der Waals surface area contributed by atoms with Gasteiger partial charge in [-0.05, 0) is 50.4 Å². The Morgan fingerprint density at radius 2 is 2.04 bits per heavy atom. The zero-order valence-electron chi connectivity index (χ0n) is 15.2. The van der Waals surface area contributed by atoms with Crippen molar-refractivity contribution >= 4 is 0 Å². The maximum Gasteiger partial charge on any atom is 0.0721 e. The van der Waals surface area contributed by atoms with Crippen molar-refractivity contribution in [3.05, 3.63) is 23.8 Å². The third kappa shape index (κ3) is 5.72. The van der Waals surface area contributed by atoms with Gasteiger partial charge in [-0.15, -0.1) is 0 Å². The first-order valence-corrected chi connectivity index (χ1v) is 10.0. The van der Waals surface area contributed by atoms with E-state index in [0.29, 0.717) is 18.4 Å². The molecule has 24 heavy (non-hydrogen) atoms. The van der Waals surface area contributed by atoms with E-state index >= 15 is 0 Å². The van der Waals surface area contributed by atoms with Crippen LogP contribution in [-0.4, -0.2) is 34.1 Å². The van der Waals surface area contributed by atoms with Gasteiger partial charge in [0.05, 0.1) is 12.2 Å². The molecule has 0 radical (unpaired) electrons. The first kappa shape index (κ1) is 19.7. The molecule has 0 heterocycles. The molecule has 2 aliphatic carbocycles. The molecule has 0 spiro atoms. The third-order valence-corrected chi connectivity index (χ3v) is 5.76. The molecule has 2 aliphatic rings. The molecule has 0 aliphatic heterocycles. The van der Waals surface area contributed by atoms with Crippen molar-refractivity contribution < 1.29 is 15.3 Å². The lowest BCUT2D eigenvalue weighted by Crippen LogP contribution is -2.18. The largest absolute Gasteiger partial charge is 0.396 e. The monoisotopic (exact) mass is 336 g/mol. The van der Waals surface area contributed by atoms with Crippen molar-refractivity contribution in [3.63, 3.8) is 0 Å². The molecule has 138 valence electrons. The fraction of sp³-hybridized carbons (Fsp3) is 0.810. The van der Waals surface area contributed by atoms with Crippen LogP contribution in [0.5, 0.6) is 0 Å². The van der Waals surface area contributed by atoms with E-state index in [4.69, 9.17) is 5.11 Å². The number of aliphatic hydroxyl groups is 3. The van der Waals surface area contributed by atoms with Crippen molar-refractivity contribution in [3.8, 4) is 0 Å². The highest BCUT2D eigenvalue weighted by atomic mass is 16.3. The lowest BCUT2D eigenvalue weighted by atomic mass is 9.88. The van der Waals surface area contributed by atoms with Gasteiger partial charge in [0.1, 0.15) is 0 Å². The SMILES string of the molecule is CCCCC[C@H](O)C=C[C@H]1[C@H]2CC(CCCCCO)=C[C@H]2C[C@H]1O. The molecule has 0 saturated heterocycles. The van der Waals surface area contributed by atoms with E-state index in [1.807, 2.05) is 6.08 Å². The van der Waals surface area contributed by atoms with E-state index in [2.05, 4.69) is 19.1 Å². The van der Waals surface area contributed by atoms with Crippen molar-refractivity contribution in [2.24, 2.45) is 17.8 Å². The topological polar surface area (TPSA) is 60.7 Å². The van der Waals surface area contributed by atoms with Gasteiger partial charge in [-0.3, -0.25) is 0 Å². The van der Waals surface area contributed by atoms with Crippen LogP contribution in [0, 0.1) is 17.8 Å². The minimum atomic E-state index is -0.366.